The average molecular weight is 462 g/mol. The van der Waals surface area contributed by atoms with Gasteiger partial charge in [-0.1, -0.05) is 38.5 Å². The summed E-state index contributed by atoms with van der Waals surface area (Å²) >= 11 is 0. The Balaban J connectivity index is 3.35. The first kappa shape index (κ1) is 28.5. The number of aryl methyl sites for hydroxylation is 2. The van der Waals surface area contributed by atoms with Crippen molar-refractivity contribution in [3.63, 3.8) is 0 Å². The van der Waals surface area contributed by atoms with Crippen LogP contribution in [0.5, 0.6) is 0 Å². The number of nitrogens with zero attached hydrogens (tertiary/aromatic N) is 1. The Morgan fingerprint density at radius 3 is 2.21 bits per heavy atom. The SMILES string of the molecule is CCCCNC(=O)C(c1ccc(C)c(C)c1)N(C(=O)C(C)NC(=O)OC(C)(C)C)C(C)CC. The molecule has 0 aliphatic rings. The van der Waals surface area contributed by atoms with Crippen molar-refractivity contribution in [2.75, 3.05) is 6.54 Å². The Bertz CT molecular complexity index is 816. The fraction of sp³-hybridized carbons (Fsp3) is 0.654. The van der Waals surface area contributed by atoms with E-state index in [0.717, 1.165) is 29.5 Å². The molecule has 7 nitrogen and oxygen atoms in total. The van der Waals surface area contributed by atoms with Crippen LogP contribution in [0, 0.1) is 13.8 Å². The van der Waals surface area contributed by atoms with E-state index in [9.17, 15) is 14.4 Å². The Morgan fingerprint density at radius 1 is 1.06 bits per heavy atom. The lowest BCUT2D eigenvalue weighted by molar-refractivity contribution is -0.144. The van der Waals surface area contributed by atoms with E-state index in [1.165, 1.54) is 0 Å². The van der Waals surface area contributed by atoms with Crippen LogP contribution in [0.4, 0.5) is 4.79 Å². The second kappa shape index (κ2) is 12.6. The lowest BCUT2D eigenvalue weighted by Gasteiger charge is -2.37. The molecule has 0 bridgehead atoms. The van der Waals surface area contributed by atoms with Crippen LogP contribution < -0.4 is 10.6 Å². The highest BCUT2D eigenvalue weighted by Gasteiger charge is 2.37. The van der Waals surface area contributed by atoms with Gasteiger partial charge in [0.1, 0.15) is 17.7 Å². The largest absolute Gasteiger partial charge is 0.444 e. The molecule has 186 valence electrons. The van der Waals surface area contributed by atoms with E-state index in [4.69, 9.17) is 4.74 Å². The maximum absolute atomic E-state index is 13.6. The number of ether oxygens (including phenoxy) is 1. The second-order valence-electron chi connectivity index (χ2n) is 9.76. The minimum atomic E-state index is -0.855. The van der Waals surface area contributed by atoms with Crippen LogP contribution in [0.2, 0.25) is 0 Å². The van der Waals surface area contributed by atoms with E-state index in [0.29, 0.717) is 13.0 Å². The number of carbonyl (C=O) groups is 3. The Labute approximate surface area is 199 Å². The molecule has 0 aromatic heterocycles. The fourth-order valence-corrected chi connectivity index (χ4v) is 3.42. The van der Waals surface area contributed by atoms with Gasteiger partial charge in [-0.15, -0.1) is 0 Å². The quantitative estimate of drug-likeness (QED) is 0.490. The number of hydrogen-bond donors (Lipinski definition) is 2. The van der Waals surface area contributed by atoms with Crippen molar-refractivity contribution in [1.29, 1.82) is 0 Å². The molecular formula is C26H43N3O4. The number of nitrogens with one attached hydrogen (secondary N) is 2. The van der Waals surface area contributed by atoms with Crippen molar-refractivity contribution in [1.82, 2.24) is 15.5 Å². The van der Waals surface area contributed by atoms with Gasteiger partial charge in [-0.25, -0.2) is 4.79 Å². The summed E-state index contributed by atoms with van der Waals surface area (Å²) in [4.78, 5) is 40.9. The number of hydrogen-bond acceptors (Lipinski definition) is 4. The molecular weight excluding hydrogens is 418 g/mol. The molecule has 0 heterocycles. The summed E-state index contributed by atoms with van der Waals surface area (Å²) in [6, 6.07) is 3.97. The van der Waals surface area contributed by atoms with E-state index in [-0.39, 0.29) is 17.9 Å². The molecule has 0 spiro atoms. The molecule has 3 unspecified atom stereocenters. The van der Waals surface area contributed by atoms with E-state index in [1.807, 2.05) is 45.9 Å². The van der Waals surface area contributed by atoms with Crippen LogP contribution in [-0.4, -0.2) is 47.0 Å². The van der Waals surface area contributed by atoms with Crippen LogP contribution in [0.1, 0.15) is 90.5 Å². The number of rotatable bonds is 10. The predicted octanol–water partition coefficient (Wildman–Crippen LogP) is 4.80. The van der Waals surface area contributed by atoms with E-state index in [2.05, 4.69) is 17.6 Å². The maximum Gasteiger partial charge on any atom is 0.408 e. The lowest BCUT2D eigenvalue weighted by Crippen LogP contribution is -2.54. The topological polar surface area (TPSA) is 87.7 Å². The lowest BCUT2D eigenvalue weighted by atomic mass is 9.97. The van der Waals surface area contributed by atoms with Crippen molar-refractivity contribution in [2.24, 2.45) is 0 Å². The first-order valence-electron chi connectivity index (χ1n) is 12.0. The third-order valence-corrected chi connectivity index (χ3v) is 5.63. The summed E-state index contributed by atoms with van der Waals surface area (Å²) in [6.07, 6.45) is 1.82. The van der Waals surface area contributed by atoms with Crippen molar-refractivity contribution >= 4 is 17.9 Å². The molecule has 1 rings (SSSR count). The minimum Gasteiger partial charge on any atom is -0.444 e. The Kier molecular flexibility index (Phi) is 10.9. The number of unbranched alkanes of at least 4 members (excludes halogenated alkanes) is 1. The zero-order valence-corrected chi connectivity index (χ0v) is 21.9. The summed E-state index contributed by atoms with van der Waals surface area (Å²) in [7, 11) is 0. The van der Waals surface area contributed by atoms with Gasteiger partial charge in [-0.2, -0.15) is 0 Å². The summed E-state index contributed by atoms with van der Waals surface area (Å²) in [6.45, 7) is 17.4. The molecule has 3 atom stereocenters. The van der Waals surface area contributed by atoms with Crippen LogP contribution in [0.3, 0.4) is 0 Å². The minimum absolute atomic E-state index is 0.218. The Morgan fingerprint density at radius 2 is 1.70 bits per heavy atom. The summed E-state index contributed by atoms with van der Waals surface area (Å²) in [5.41, 5.74) is 2.25. The van der Waals surface area contributed by atoms with Crippen LogP contribution in [0.25, 0.3) is 0 Å². The van der Waals surface area contributed by atoms with Gasteiger partial charge in [0.25, 0.3) is 0 Å². The fourth-order valence-electron chi connectivity index (χ4n) is 3.42. The molecule has 0 aliphatic heterocycles. The van der Waals surface area contributed by atoms with Gasteiger partial charge in [0, 0.05) is 12.6 Å². The summed E-state index contributed by atoms with van der Waals surface area (Å²) in [5.74, 6) is -0.547. The van der Waals surface area contributed by atoms with Crippen molar-refractivity contribution in [3.05, 3.63) is 34.9 Å². The van der Waals surface area contributed by atoms with Gasteiger partial charge in [0.15, 0.2) is 0 Å². The van der Waals surface area contributed by atoms with Gasteiger partial charge < -0.3 is 20.3 Å². The molecule has 0 saturated carbocycles. The Hall–Kier alpha value is -2.57. The molecule has 2 N–H and O–H groups in total. The van der Waals surface area contributed by atoms with Crippen molar-refractivity contribution in [3.8, 4) is 0 Å². The highest BCUT2D eigenvalue weighted by Crippen LogP contribution is 2.27. The van der Waals surface area contributed by atoms with Gasteiger partial charge in [-0.3, -0.25) is 9.59 Å². The van der Waals surface area contributed by atoms with Gasteiger partial charge >= 0.3 is 6.09 Å². The first-order valence-corrected chi connectivity index (χ1v) is 12.0. The second-order valence-corrected chi connectivity index (χ2v) is 9.76. The van der Waals surface area contributed by atoms with Crippen molar-refractivity contribution < 1.29 is 19.1 Å². The maximum atomic E-state index is 13.6. The average Bonchev–Trinajstić information content (AvgIpc) is 2.71. The molecule has 33 heavy (non-hydrogen) atoms. The monoisotopic (exact) mass is 461 g/mol. The highest BCUT2D eigenvalue weighted by atomic mass is 16.6. The van der Waals surface area contributed by atoms with Crippen LogP contribution >= 0.6 is 0 Å². The summed E-state index contributed by atoms with van der Waals surface area (Å²) in [5, 5.41) is 5.63. The number of alkyl carbamates (subject to hydrolysis) is 1. The molecule has 3 amide bonds. The molecule has 0 fully saturated rings. The molecule has 7 heteroatoms. The first-order chi connectivity index (χ1) is 15.3. The normalized spacial score (nSPS) is 14.1. The summed E-state index contributed by atoms with van der Waals surface area (Å²) < 4.78 is 5.31. The predicted molar refractivity (Wildman–Crippen MR) is 132 cm³/mol. The molecule has 0 saturated heterocycles. The zero-order chi connectivity index (χ0) is 25.3. The van der Waals surface area contributed by atoms with Crippen molar-refractivity contribution in [2.45, 2.75) is 105 Å². The number of amides is 3. The molecule has 0 radical (unpaired) electrons. The van der Waals surface area contributed by atoms with Crippen LogP contribution in [0.15, 0.2) is 18.2 Å². The van der Waals surface area contributed by atoms with Gasteiger partial charge in [0.2, 0.25) is 11.8 Å². The van der Waals surface area contributed by atoms with Gasteiger partial charge in [0.05, 0.1) is 0 Å². The number of carbonyl (C=O) groups excluding carboxylic acids is 3. The smallest absolute Gasteiger partial charge is 0.408 e. The third-order valence-electron chi connectivity index (χ3n) is 5.63. The molecule has 1 aromatic rings. The third kappa shape index (κ3) is 8.71. The van der Waals surface area contributed by atoms with E-state index in [1.54, 1.807) is 32.6 Å². The van der Waals surface area contributed by atoms with Gasteiger partial charge in [-0.05, 0) is 78.0 Å². The number of benzene rings is 1. The zero-order valence-electron chi connectivity index (χ0n) is 21.9. The standard InChI is InChI=1S/C26H43N3O4/c1-10-12-15-27-23(30)22(21-14-13-17(3)18(4)16-21)29(19(5)11-2)24(31)20(6)28-25(32)33-26(7,8)9/h13-14,16,19-20,22H,10-12,15H2,1-9H3,(H,27,30)(H,28,32). The molecule has 1 aromatic carbocycles. The highest BCUT2D eigenvalue weighted by molar-refractivity contribution is 5.92. The van der Waals surface area contributed by atoms with E-state index < -0.39 is 23.8 Å². The van der Waals surface area contributed by atoms with Crippen LogP contribution in [-0.2, 0) is 14.3 Å². The molecule has 0 aliphatic carbocycles. The van der Waals surface area contributed by atoms with E-state index >= 15 is 0 Å².